The molecule has 7 rings (SSSR count). The Morgan fingerprint density at radius 3 is 2.51 bits per heavy atom. The molecule has 2 aromatic carbocycles. The Bertz CT molecular complexity index is 2700. The topological polar surface area (TPSA) is 219 Å². The van der Waals surface area contributed by atoms with Gasteiger partial charge in [-0.05, 0) is 97.9 Å². The number of nitrogens with one attached hydrogen (secondary N) is 2. The van der Waals surface area contributed by atoms with Gasteiger partial charge in [-0.3, -0.25) is 29.2 Å². The Morgan fingerprint density at radius 2 is 1.80 bits per heavy atom. The van der Waals surface area contributed by atoms with Crippen molar-refractivity contribution in [2.24, 2.45) is 11.3 Å². The van der Waals surface area contributed by atoms with Crippen LogP contribution in [0.15, 0.2) is 67.0 Å². The molecule has 2 saturated heterocycles. The number of nitrogens with zero attached hydrogens (tertiary/aromatic N) is 6. The summed E-state index contributed by atoms with van der Waals surface area (Å²) >= 11 is 0. The Labute approximate surface area is 415 Å². The Balaban J connectivity index is 1.28. The van der Waals surface area contributed by atoms with Gasteiger partial charge in [-0.2, -0.15) is 5.43 Å². The number of rotatable bonds is 12. The summed E-state index contributed by atoms with van der Waals surface area (Å²) in [7, 11) is 6.79. The number of hydrazine groups is 1. The number of β-amino-alcohol motifs (C(OH)–C–C–N with tert-alkyl or cyclic N) is 1. The van der Waals surface area contributed by atoms with Crippen LogP contribution in [0.1, 0.15) is 70.6 Å². The minimum Gasteiger partial charge on any atom is -0.508 e. The number of phenolic OH excluding ortho intramolecular Hbond substituents is 1. The van der Waals surface area contributed by atoms with Gasteiger partial charge >= 0.3 is 5.97 Å². The van der Waals surface area contributed by atoms with Crippen molar-refractivity contribution in [1.29, 1.82) is 0 Å². The molecule has 4 aromatic rings. The maximum atomic E-state index is 14.8. The van der Waals surface area contributed by atoms with Crippen LogP contribution in [0.4, 0.5) is 0 Å². The molecule has 5 heterocycles. The van der Waals surface area contributed by atoms with Gasteiger partial charge in [0.05, 0.1) is 25.5 Å². The highest BCUT2D eigenvalue weighted by atomic mass is 16.6. The summed E-state index contributed by atoms with van der Waals surface area (Å²) < 4.78 is 13.8. The number of aliphatic hydroxyl groups is 2. The minimum atomic E-state index is -2.30. The van der Waals surface area contributed by atoms with E-state index in [1.165, 1.54) is 24.1 Å². The van der Waals surface area contributed by atoms with Crippen LogP contribution in [0.3, 0.4) is 0 Å². The fraction of sp³-hybridized carbons (Fsp3) is 0.509. The number of esters is 1. The lowest BCUT2D eigenvalue weighted by molar-refractivity contribution is -0.189. The molecule has 0 spiro atoms. The van der Waals surface area contributed by atoms with E-state index < -0.39 is 58.4 Å². The first-order valence-electron chi connectivity index (χ1n) is 24.4. The number of likely N-dealkylation sites (tertiary alicyclic amines) is 1. The van der Waals surface area contributed by atoms with Gasteiger partial charge in [0, 0.05) is 100.0 Å². The van der Waals surface area contributed by atoms with E-state index in [-0.39, 0.29) is 63.6 Å². The van der Waals surface area contributed by atoms with Crippen molar-refractivity contribution in [2.75, 3.05) is 61.0 Å². The van der Waals surface area contributed by atoms with Gasteiger partial charge in [-0.1, -0.05) is 45.9 Å². The summed E-state index contributed by atoms with van der Waals surface area (Å²) in [5, 5.41) is 39.9. The predicted molar refractivity (Wildman–Crippen MR) is 267 cm³/mol. The van der Waals surface area contributed by atoms with Gasteiger partial charge < -0.3 is 49.4 Å². The molecule has 382 valence electrons. The van der Waals surface area contributed by atoms with Gasteiger partial charge in [0.1, 0.15) is 17.8 Å². The van der Waals surface area contributed by atoms with Crippen LogP contribution >= 0.6 is 0 Å². The predicted octanol–water partition coefficient (Wildman–Crippen LogP) is 3.77. The van der Waals surface area contributed by atoms with E-state index >= 15 is 0 Å². The standard InChI is InChI=1S/C53H70N8O10/c1-10-60-43-15-14-35-27-39(43)40(46(60)41-29-54-19-16-36(41)30-70-9)28-51(4,5)32-71-50(67)53(69)17-12-21-61(56-53)48(65)42(25-34-23-37(35)26-38(62)24-34)55-47(64)45(33(2)3)58(8)49(66)52(68)18-22-59(31-52)44(63)13-11-20-57(6)7/h11,13-16,19,23-24,26-27,29,33,42,45,56,62,68-69H,10,12,17-18,20-22,25,28,30-32H2,1-9H3,(H,55,64)/b13-11+/t42-,45-,52+,53-/m0/s1. The number of amides is 4. The fourth-order valence-electron chi connectivity index (χ4n) is 10.2. The number of phenols is 1. The number of aromatic nitrogens is 2. The highest BCUT2D eigenvalue weighted by Crippen LogP contribution is 2.41. The molecule has 4 atom stereocenters. The molecule has 0 unspecified atom stereocenters. The van der Waals surface area contributed by atoms with E-state index in [0.717, 1.165) is 48.8 Å². The SMILES string of the molecule is CCn1c(-c2cnccc2COC)c2c3cc(ccc31)-c1cc(O)cc(c1)C[C@H](NC(=O)[C@H](C(C)C)N(C)C(=O)[C@@]1(O)CCN(C(=O)/C=C/CN(C)C)C1)C(=O)N1CCC[C@@](O)(N1)C(=O)OCC(C)(C)C2. The van der Waals surface area contributed by atoms with Gasteiger partial charge in [-0.15, -0.1) is 0 Å². The number of benzene rings is 2. The molecule has 4 amide bonds. The first kappa shape index (κ1) is 52.6. The molecule has 5 N–H and O–H groups in total. The zero-order valence-corrected chi connectivity index (χ0v) is 42.5. The molecule has 3 aliphatic heterocycles. The molecule has 18 nitrogen and oxygen atoms in total. The number of hydrogen-bond donors (Lipinski definition) is 5. The monoisotopic (exact) mass is 979 g/mol. The third kappa shape index (κ3) is 11.3. The normalized spacial score (nSPS) is 22.2. The number of aryl methyl sites for hydroxylation is 1. The van der Waals surface area contributed by atoms with Crippen LogP contribution in [0.2, 0.25) is 0 Å². The van der Waals surface area contributed by atoms with Gasteiger partial charge in [0.2, 0.25) is 17.5 Å². The highest BCUT2D eigenvalue weighted by molar-refractivity contribution is 5.97. The maximum Gasteiger partial charge on any atom is 0.355 e. The fourth-order valence-corrected chi connectivity index (χ4v) is 10.2. The lowest BCUT2D eigenvalue weighted by atomic mass is 9.84. The van der Waals surface area contributed by atoms with E-state index in [0.29, 0.717) is 37.2 Å². The molecule has 2 aromatic heterocycles. The van der Waals surface area contributed by atoms with E-state index in [4.69, 9.17) is 9.47 Å². The molecule has 2 fully saturated rings. The molecule has 6 bridgehead atoms. The summed E-state index contributed by atoms with van der Waals surface area (Å²) in [6.07, 6.45) is 7.06. The molecule has 0 saturated carbocycles. The summed E-state index contributed by atoms with van der Waals surface area (Å²) in [4.78, 5) is 79.6. The second kappa shape index (κ2) is 21.3. The Kier molecular flexibility index (Phi) is 15.8. The molecular weight excluding hydrogens is 909 g/mol. The van der Waals surface area contributed by atoms with Crippen molar-refractivity contribution in [3.63, 3.8) is 0 Å². The van der Waals surface area contributed by atoms with Gasteiger partial charge in [0.25, 0.3) is 11.8 Å². The maximum absolute atomic E-state index is 14.8. The van der Waals surface area contributed by atoms with Gasteiger partial charge in [-0.25, -0.2) is 4.79 Å². The van der Waals surface area contributed by atoms with E-state index in [2.05, 4.69) is 33.3 Å². The number of ether oxygens (including phenoxy) is 2. The third-order valence-electron chi connectivity index (χ3n) is 13.7. The zero-order chi connectivity index (χ0) is 51.6. The largest absolute Gasteiger partial charge is 0.508 e. The molecule has 0 aliphatic carbocycles. The minimum absolute atomic E-state index is 0.0417. The average Bonchev–Trinajstić information content (AvgIpc) is 3.87. The number of carbonyl (C=O) groups is 5. The van der Waals surface area contributed by atoms with Crippen LogP contribution in [-0.2, 0) is 59.4 Å². The first-order chi connectivity index (χ1) is 33.6. The molecule has 3 aliphatic rings. The number of pyridine rings is 1. The van der Waals surface area contributed by atoms with Crippen LogP contribution in [0.25, 0.3) is 33.3 Å². The molecular formula is C53H70N8O10. The Hall–Kier alpha value is -6.18. The zero-order valence-electron chi connectivity index (χ0n) is 42.5. The summed E-state index contributed by atoms with van der Waals surface area (Å²) in [5.74, 6) is -4.07. The first-order valence-corrected chi connectivity index (χ1v) is 24.4. The van der Waals surface area contributed by atoms with E-state index in [1.54, 1.807) is 39.3 Å². The van der Waals surface area contributed by atoms with Crippen LogP contribution in [0.5, 0.6) is 5.75 Å². The summed E-state index contributed by atoms with van der Waals surface area (Å²) in [6.45, 7) is 10.8. The smallest absolute Gasteiger partial charge is 0.355 e. The molecule has 18 heteroatoms. The van der Waals surface area contributed by atoms with Crippen molar-refractivity contribution in [1.82, 2.24) is 40.0 Å². The lowest BCUT2D eigenvalue weighted by Crippen LogP contribution is -2.67. The lowest BCUT2D eigenvalue weighted by Gasteiger charge is -2.40. The summed E-state index contributed by atoms with van der Waals surface area (Å²) in [6, 6.07) is 10.5. The number of likely N-dealkylation sites (N-methyl/N-ethyl adjacent to an activating group) is 2. The number of methoxy groups -OCH3 is 1. The number of hydrogen-bond acceptors (Lipinski definition) is 13. The quantitative estimate of drug-likeness (QED) is 0.101. The van der Waals surface area contributed by atoms with Crippen molar-refractivity contribution in [3.05, 3.63) is 83.7 Å². The van der Waals surface area contributed by atoms with E-state index in [9.17, 15) is 39.3 Å². The van der Waals surface area contributed by atoms with Gasteiger partial charge in [0.15, 0.2) is 5.60 Å². The highest BCUT2D eigenvalue weighted by Gasteiger charge is 2.49. The van der Waals surface area contributed by atoms with Crippen LogP contribution in [-0.4, -0.2) is 159 Å². The second-order valence-corrected chi connectivity index (χ2v) is 20.7. The van der Waals surface area contributed by atoms with Crippen molar-refractivity contribution >= 4 is 40.5 Å². The van der Waals surface area contributed by atoms with Crippen molar-refractivity contribution in [2.45, 2.75) is 103 Å². The summed E-state index contributed by atoms with van der Waals surface area (Å²) in [5.41, 5.74) is 4.38. The number of cyclic esters (lactones) is 1. The van der Waals surface area contributed by atoms with Crippen molar-refractivity contribution < 1.29 is 48.8 Å². The van der Waals surface area contributed by atoms with Crippen molar-refractivity contribution in [3.8, 4) is 28.1 Å². The van der Waals surface area contributed by atoms with E-state index in [1.807, 2.05) is 63.3 Å². The number of fused-ring (bicyclic) bond motifs is 6. The Morgan fingerprint density at radius 1 is 1.04 bits per heavy atom. The van der Waals surface area contributed by atoms with Crippen LogP contribution in [0, 0.1) is 11.3 Å². The average molecular weight is 979 g/mol. The second-order valence-electron chi connectivity index (χ2n) is 20.7. The third-order valence-corrected chi connectivity index (χ3v) is 13.7. The number of aromatic hydroxyl groups is 1. The number of carbonyl (C=O) groups excluding carboxylic acids is 5. The molecule has 71 heavy (non-hydrogen) atoms. The molecule has 0 radical (unpaired) electrons. The van der Waals surface area contributed by atoms with Crippen LogP contribution < -0.4 is 10.7 Å².